The number of aryl methyl sites for hydroxylation is 1. The summed E-state index contributed by atoms with van der Waals surface area (Å²) in [5.41, 5.74) is 9.19. The van der Waals surface area contributed by atoms with Gasteiger partial charge in [-0.3, -0.25) is 4.99 Å². The van der Waals surface area contributed by atoms with Crippen molar-refractivity contribution in [1.82, 2.24) is 4.98 Å². The molecule has 4 N–H and O–H groups in total. The van der Waals surface area contributed by atoms with Crippen molar-refractivity contribution in [2.24, 2.45) is 10.7 Å². The Morgan fingerprint density at radius 3 is 2.71 bits per heavy atom. The van der Waals surface area contributed by atoms with E-state index in [2.05, 4.69) is 45.7 Å². The maximum atomic E-state index is 5.92. The number of hydrogen-bond donors (Lipinski definition) is 3. The summed E-state index contributed by atoms with van der Waals surface area (Å²) in [6.45, 7) is 3.41. The molecule has 3 rings (SSSR count). The number of nitrogens with zero attached hydrogens (tertiary/aromatic N) is 2. The van der Waals surface area contributed by atoms with Gasteiger partial charge in [-0.25, -0.2) is 4.98 Å². The zero-order valence-corrected chi connectivity index (χ0v) is 14.4. The quantitative estimate of drug-likeness (QED) is 0.364. The molecule has 0 aliphatic heterocycles. The molecular weight excluding hydrogens is 318 g/mol. The van der Waals surface area contributed by atoms with Crippen LogP contribution in [0.3, 0.4) is 0 Å². The Labute approximate surface area is 145 Å². The molecule has 0 radical (unpaired) electrons. The lowest BCUT2D eigenvalue weighted by molar-refractivity contribution is 1.01. The Bertz CT molecular complexity index is 790. The second-order valence-electron chi connectivity index (χ2n) is 5.36. The number of aromatic nitrogens is 1. The first kappa shape index (κ1) is 16.3. The van der Waals surface area contributed by atoms with Crippen LogP contribution in [-0.4, -0.2) is 24.0 Å². The number of hydrogen-bond acceptors (Lipinski definition) is 4. The van der Waals surface area contributed by atoms with Gasteiger partial charge >= 0.3 is 0 Å². The second-order valence-corrected chi connectivity index (χ2v) is 6.39. The molecule has 0 amide bonds. The lowest BCUT2D eigenvalue weighted by Crippen LogP contribution is -2.23. The number of para-hydroxylation sites is 1. The lowest BCUT2D eigenvalue weighted by atomic mass is 10.1. The van der Waals surface area contributed by atoms with Crippen molar-refractivity contribution in [3.05, 3.63) is 54.1 Å². The Morgan fingerprint density at radius 2 is 1.96 bits per heavy atom. The molecule has 124 valence electrons. The number of thiazole rings is 1. The molecule has 2 aromatic carbocycles. The van der Waals surface area contributed by atoms with Gasteiger partial charge < -0.3 is 16.4 Å². The third kappa shape index (κ3) is 4.23. The van der Waals surface area contributed by atoms with Gasteiger partial charge in [0.05, 0.1) is 16.8 Å². The van der Waals surface area contributed by atoms with E-state index in [9.17, 15) is 0 Å². The van der Waals surface area contributed by atoms with Crippen LogP contribution in [0.1, 0.15) is 12.5 Å². The van der Waals surface area contributed by atoms with Crippen LogP contribution in [0.5, 0.6) is 0 Å². The van der Waals surface area contributed by atoms with Crippen LogP contribution < -0.4 is 16.4 Å². The predicted molar refractivity (Wildman–Crippen MR) is 104 cm³/mol. The molecule has 1 aromatic heterocycles. The Hall–Kier alpha value is -2.60. The lowest BCUT2D eigenvalue weighted by Gasteiger charge is -2.06. The number of aliphatic imine (C=N–C) groups is 1. The average molecular weight is 339 g/mol. The van der Waals surface area contributed by atoms with E-state index in [-0.39, 0.29) is 0 Å². The fourth-order valence-corrected chi connectivity index (χ4v) is 3.19. The summed E-state index contributed by atoms with van der Waals surface area (Å²) in [4.78, 5) is 8.85. The van der Waals surface area contributed by atoms with Gasteiger partial charge in [-0.15, -0.1) is 0 Å². The summed E-state index contributed by atoms with van der Waals surface area (Å²) in [7, 11) is 0. The maximum absolute atomic E-state index is 5.92. The first-order chi connectivity index (χ1) is 11.7. The van der Waals surface area contributed by atoms with Gasteiger partial charge in [-0.1, -0.05) is 42.5 Å². The highest BCUT2D eigenvalue weighted by atomic mass is 32.1. The van der Waals surface area contributed by atoms with E-state index in [4.69, 9.17) is 5.73 Å². The highest BCUT2D eigenvalue weighted by Gasteiger charge is 2.01. The van der Waals surface area contributed by atoms with E-state index < -0.39 is 0 Å². The molecule has 0 fully saturated rings. The zero-order valence-electron chi connectivity index (χ0n) is 13.6. The summed E-state index contributed by atoms with van der Waals surface area (Å²) >= 11 is 1.64. The van der Waals surface area contributed by atoms with Crippen LogP contribution in [0.25, 0.3) is 10.2 Å². The number of fused-ring (bicyclic) bond motifs is 1. The van der Waals surface area contributed by atoms with Crippen molar-refractivity contribution in [1.29, 1.82) is 0 Å². The molecule has 3 aromatic rings. The van der Waals surface area contributed by atoms with Crippen molar-refractivity contribution < 1.29 is 0 Å². The number of benzene rings is 2. The molecule has 0 atom stereocenters. The van der Waals surface area contributed by atoms with Gasteiger partial charge in [0.1, 0.15) is 0 Å². The first-order valence-corrected chi connectivity index (χ1v) is 8.81. The summed E-state index contributed by atoms with van der Waals surface area (Å²) in [5, 5.41) is 7.30. The van der Waals surface area contributed by atoms with Crippen molar-refractivity contribution in [2.75, 3.05) is 23.7 Å². The van der Waals surface area contributed by atoms with Crippen LogP contribution in [0.4, 0.5) is 10.8 Å². The van der Waals surface area contributed by atoms with E-state index in [0.717, 1.165) is 22.8 Å². The maximum Gasteiger partial charge on any atom is 0.193 e. The van der Waals surface area contributed by atoms with Gasteiger partial charge in [-0.2, -0.15) is 0 Å². The van der Waals surface area contributed by atoms with Gasteiger partial charge in [0, 0.05) is 12.2 Å². The molecule has 1 heterocycles. The van der Waals surface area contributed by atoms with Gasteiger partial charge in [0.2, 0.25) is 0 Å². The minimum absolute atomic E-state index is 0.422. The van der Waals surface area contributed by atoms with Crippen LogP contribution in [0.2, 0.25) is 0 Å². The van der Waals surface area contributed by atoms with E-state index >= 15 is 0 Å². The average Bonchev–Trinajstić information content (AvgIpc) is 3.02. The number of anilines is 2. The van der Waals surface area contributed by atoms with Gasteiger partial charge in [-0.05, 0) is 36.2 Å². The van der Waals surface area contributed by atoms with Crippen molar-refractivity contribution >= 4 is 38.3 Å². The fourth-order valence-electron chi connectivity index (χ4n) is 2.30. The molecule has 6 heteroatoms. The Kier molecular flexibility index (Phi) is 5.28. The van der Waals surface area contributed by atoms with Gasteiger partial charge in [0.15, 0.2) is 11.1 Å². The highest BCUT2D eigenvalue weighted by molar-refractivity contribution is 7.22. The number of nitrogens with one attached hydrogen (secondary N) is 2. The Morgan fingerprint density at radius 1 is 1.17 bits per heavy atom. The van der Waals surface area contributed by atoms with E-state index in [0.29, 0.717) is 19.0 Å². The van der Waals surface area contributed by atoms with Crippen molar-refractivity contribution in [2.45, 2.75) is 13.3 Å². The standard InChI is InChI=1S/C18H21N5S/c1-2-13-7-9-14(10-8-13)22-17(19)20-11-12-21-18-23-15-5-3-4-6-16(15)24-18/h3-10H,2,11-12H2,1H3,(H,21,23)(H3,19,20,22). The zero-order chi connectivity index (χ0) is 16.8. The third-order valence-corrected chi connectivity index (χ3v) is 4.59. The van der Waals surface area contributed by atoms with E-state index in [1.807, 2.05) is 30.3 Å². The summed E-state index contributed by atoms with van der Waals surface area (Å²) in [5.74, 6) is 0.422. The summed E-state index contributed by atoms with van der Waals surface area (Å²) < 4.78 is 1.18. The molecule has 0 aliphatic carbocycles. The second kappa shape index (κ2) is 7.79. The normalized spacial score (nSPS) is 11.6. The minimum atomic E-state index is 0.422. The van der Waals surface area contributed by atoms with Crippen LogP contribution >= 0.6 is 11.3 Å². The molecule has 0 aliphatic rings. The smallest absolute Gasteiger partial charge is 0.193 e. The monoisotopic (exact) mass is 339 g/mol. The van der Waals surface area contributed by atoms with E-state index in [1.165, 1.54) is 10.3 Å². The third-order valence-electron chi connectivity index (χ3n) is 3.60. The van der Waals surface area contributed by atoms with Crippen LogP contribution in [0.15, 0.2) is 53.5 Å². The largest absolute Gasteiger partial charge is 0.370 e. The fraction of sp³-hybridized carbons (Fsp3) is 0.222. The minimum Gasteiger partial charge on any atom is -0.370 e. The number of nitrogens with two attached hydrogens (primary N) is 1. The molecule has 24 heavy (non-hydrogen) atoms. The Balaban J connectivity index is 1.48. The first-order valence-electron chi connectivity index (χ1n) is 8.00. The number of rotatable bonds is 6. The molecule has 5 nitrogen and oxygen atoms in total. The van der Waals surface area contributed by atoms with Crippen molar-refractivity contribution in [3.8, 4) is 0 Å². The van der Waals surface area contributed by atoms with Crippen molar-refractivity contribution in [3.63, 3.8) is 0 Å². The van der Waals surface area contributed by atoms with Crippen LogP contribution in [-0.2, 0) is 6.42 Å². The molecule has 0 spiro atoms. The molecule has 0 bridgehead atoms. The predicted octanol–water partition coefficient (Wildman–Crippen LogP) is 3.70. The summed E-state index contributed by atoms with van der Waals surface area (Å²) in [6.07, 6.45) is 1.03. The SMILES string of the molecule is CCc1ccc(NC(N)=NCCNc2nc3ccccc3s2)cc1. The molecule has 0 saturated carbocycles. The molecular formula is C18H21N5S. The molecule has 0 saturated heterocycles. The topological polar surface area (TPSA) is 75.3 Å². The van der Waals surface area contributed by atoms with E-state index in [1.54, 1.807) is 11.3 Å². The van der Waals surface area contributed by atoms with Crippen LogP contribution in [0, 0.1) is 0 Å². The van der Waals surface area contributed by atoms with Gasteiger partial charge in [0.25, 0.3) is 0 Å². The highest BCUT2D eigenvalue weighted by Crippen LogP contribution is 2.24. The summed E-state index contributed by atoms with van der Waals surface area (Å²) in [6, 6.07) is 16.3. The molecule has 0 unspecified atom stereocenters. The number of guanidine groups is 1.